The van der Waals surface area contributed by atoms with Crippen LogP contribution in [0.5, 0.6) is 5.75 Å². The molecule has 8 heteroatoms. The quantitative estimate of drug-likeness (QED) is 0.634. The minimum absolute atomic E-state index is 0.0101. The highest BCUT2D eigenvalue weighted by atomic mass is 32.2. The second-order valence-electron chi connectivity index (χ2n) is 8.68. The number of aliphatic hydroxyl groups excluding tert-OH is 1. The van der Waals surface area contributed by atoms with E-state index < -0.39 is 10.0 Å². The van der Waals surface area contributed by atoms with Gasteiger partial charge >= 0.3 is 0 Å². The average Bonchev–Trinajstić information content (AvgIpc) is 2.84. The molecule has 0 radical (unpaired) electrons. The number of ether oxygens (including phenoxy) is 2. The first-order valence-electron chi connectivity index (χ1n) is 11.6. The minimum Gasteiger partial charge on any atom is -0.497 e. The van der Waals surface area contributed by atoms with Crippen molar-refractivity contribution in [1.82, 2.24) is 9.21 Å². The summed E-state index contributed by atoms with van der Waals surface area (Å²) < 4.78 is 38.7. The first-order chi connectivity index (χ1) is 16.5. The highest BCUT2D eigenvalue weighted by Gasteiger charge is 2.50. The molecule has 2 fully saturated rings. The van der Waals surface area contributed by atoms with Crippen molar-refractivity contribution in [3.05, 3.63) is 59.7 Å². The molecule has 2 aromatic carbocycles. The number of sulfonamides is 1. The van der Waals surface area contributed by atoms with Gasteiger partial charge in [0, 0.05) is 43.8 Å². The predicted octanol–water partition coefficient (Wildman–Crippen LogP) is 2.31. The van der Waals surface area contributed by atoms with Gasteiger partial charge in [-0.3, -0.25) is 4.90 Å². The fourth-order valence-corrected chi connectivity index (χ4v) is 6.52. The molecule has 182 valence electrons. The van der Waals surface area contributed by atoms with Crippen LogP contribution in [-0.4, -0.2) is 81.9 Å². The van der Waals surface area contributed by atoms with Crippen molar-refractivity contribution in [2.45, 2.75) is 35.7 Å². The molecule has 7 nitrogen and oxygen atoms in total. The molecule has 0 aliphatic carbocycles. The Hall–Kier alpha value is -2.41. The van der Waals surface area contributed by atoms with Crippen LogP contribution < -0.4 is 4.74 Å². The van der Waals surface area contributed by atoms with Crippen molar-refractivity contribution in [3.63, 3.8) is 0 Å². The minimum atomic E-state index is -3.64. The van der Waals surface area contributed by atoms with Crippen LogP contribution in [0.2, 0.25) is 0 Å². The lowest BCUT2D eigenvalue weighted by Crippen LogP contribution is -2.67. The third-order valence-electron chi connectivity index (χ3n) is 6.77. The Morgan fingerprint density at radius 2 is 1.74 bits per heavy atom. The van der Waals surface area contributed by atoms with Gasteiger partial charge in [0.2, 0.25) is 10.0 Å². The van der Waals surface area contributed by atoms with Gasteiger partial charge in [-0.1, -0.05) is 24.0 Å². The van der Waals surface area contributed by atoms with E-state index in [0.717, 1.165) is 30.5 Å². The third kappa shape index (κ3) is 4.99. The Balaban J connectivity index is 1.58. The Bertz CT molecular complexity index is 1120. The van der Waals surface area contributed by atoms with Gasteiger partial charge in [0.1, 0.15) is 12.4 Å². The lowest BCUT2D eigenvalue weighted by molar-refractivity contribution is -0.0553. The maximum Gasteiger partial charge on any atom is 0.243 e. The summed E-state index contributed by atoms with van der Waals surface area (Å²) in [6.45, 7) is 2.17. The molecule has 4 rings (SSSR count). The number of hydrogen-bond acceptors (Lipinski definition) is 6. The van der Waals surface area contributed by atoms with Crippen LogP contribution in [0.15, 0.2) is 53.4 Å². The molecular weight excluding hydrogens is 452 g/mol. The Labute approximate surface area is 202 Å². The summed E-state index contributed by atoms with van der Waals surface area (Å²) in [5.41, 5.74) is 2.00. The highest BCUT2D eigenvalue weighted by Crippen LogP contribution is 2.42. The van der Waals surface area contributed by atoms with Crippen LogP contribution in [0, 0.1) is 11.8 Å². The van der Waals surface area contributed by atoms with E-state index in [-0.39, 0.29) is 29.5 Å². The topological polar surface area (TPSA) is 79.3 Å². The number of benzene rings is 2. The van der Waals surface area contributed by atoms with Gasteiger partial charge in [-0.25, -0.2) is 8.42 Å². The molecule has 2 aliphatic heterocycles. The Morgan fingerprint density at radius 1 is 1.03 bits per heavy atom. The van der Waals surface area contributed by atoms with Crippen LogP contribution in [0.4, 0.5) is 0 Å². The second kappa shape index (κ2) is 10.9. The van der Waals surface area contributed by atoms with Crippen molar-refractivity contribution in [2.75, 3.05) is 47.1 Å². The SMILES string of the molecule is COCC#Cc1ccc([C@@H]2[C@H](CO)N3CCCCN(S(=O)(=O)c4ccc(OC)cc4)C[C@@H]23)cc1. The maximum atomic E-state index is 13.5. The van der Waals surface area contributed by atoms with Crippen molar-refractivity contribution in [1.29, 1.82) is 0 Å². The van der Waals surface area contributed by atoms with Gasteiger partial charge in [0.25, 0.3) is 0 Å². The largest absolute Gasteiger partial charge is 0.497 e. The smallest absolute Gasteiger partial charge is 0.243 e. The summed E-state index contributed by atoms with van der Waals surface area (Å²) in [5, 5.41) is 10.1. The van der Waals surface area contributed by atoms with Crippen LogP contribution in [0.1, 0.15) is 29.9 Å². The van der Waals surface area contributed by atoms with Gasteiger partial charge in [0.05, 0.1) is 18.6 Å². The lowest BCUT2D eigenvalue weighted by atomic mass is 9.74. The Kier molecular flexibility index (Phi) is 7.91. The van der Waals surface area contributed by atoms with Crippen molar-refractivity contribution in [2.24, 2.45) is 0 Å². The molecule has 0 saturated carbocycles. The van der Waals surface area contributed by atoms with Crippen LogP contribution in [0.25, 0.3) is 0 Å². The molecule has 2 aromatic rings. The molecule has 2 heterocycles. The van der Waals surface area contributed by atoms with Crippen molar-refractivity contribution >= 4 is 10.0 Å². The monoisotopic (exact) mass is 484 g/mol. The molecule has 1 N–H and O–H groups in total. The van der Waals surface area contributed by atoms with E-state index in [1.165, 1.54) is 0 Å². The van der Waals surface area contributed by atoms with E-state index in [2.05, 4.69) is 16.7 Å². The fraction of sp³-hybridized carbons (Fsp3) is 0.462. The molecule has 0 aromatic heterocycles. The highest BCUT2D eigenvalue weighted by molar-refractivity contribution is 7.89. The van der Waals surface area contributed by atoms with E-state index in [1.54, 1.807) is 42.8 Å². The summed E-state index contributed by atoms with van der Waals surface area (Å²) >= 11 is 0. The summed E-state index contributed by atoms with van der Waals surface area (Å²) in [4.78, 5) is 2.54. The number of rotatable bonds is 6. The predicted molar refractivity (Wildman–Crippen MR) is 130 cm³/mol. The second-order valence-corrected chi connectivity index (χ2v) is 10.6. The van der Waals surface area contributed by atoms with E-state index in [9.17, 15) is 13.5 Å². The number of hydrogen-bond donors (Lipinski definition) is 1. The Morgan fingerprint density at radius 3 is 2.38 bits per heavy atom. The average molecular weight is 485 g/mol. The molecule has 0 bridgehead atoms. The van der Waals surface area contributed by atoms with Gasteiger partial charge in [0.15, 0.2) is 0 Å². The van der Waals surface area contributed by atoms with Gasteiger partial charge in [-0.15, -0.1) is 0 Å². The summed E-state index contributed by atoms with van der Waals surface area (Å²) in [6.07, 6.45) is 1.68. The molecule has 2 saturated heterocycles. The molecule has 3 atom stereocenters. The number of fused-ring (bicyclic) bond motifs is 1. The number of nitrogens with zero attached hydrogens (tertiary/aromatic N) is 2. The summed E-state index contributed by atoms with van der Waals surface area (Å²) in [7, 11) is -0.468. The lowest BCUT2D eigenvalue weighted by Gasteiger charge is -2.57. The van der Waals surface area contributed by atoms with Gasteiger partial charge in [-0.2, -0.15) is 4.31 Å². The molecule has 34 heavy (non-hydrogen) atoms. The molecule has 2 aliphatic rings. The number of aliphatic hydroxyl groups is 1. The first kappa shape index (κ1) is 24.7. The molecule has 0 unspecified atom stereocenters. The summed E-state index contributed by atoms with van der Waals surface area (Å²) in [5.74, 6) is 6.70. The van der Waals surface area contributed by atoms with Crippen LogP contribution >= 0.6 is 0 Å². The fourth-order valence-electron chi connectivity index (χ4n) is 5.02. The van der Waals surface area contributed by atoms with Crippen molar-refractivity contribution in [3.8, 4) is 17.6 Å². The normalized spacial score (nSPS) is 23.6. The number of methoxy groups -OCH3 is 2. The zero-order valence-corrected chi connectivity index (χ0v) is 20.5. The van der Waals surface area contributed by atoms with E-state index in [4.69, 9.17) is 9.47 Å². The zero-order chi connectivity index (χ0) is 24.1. The van der Waals surface area contributed by atoms with Gasteiger partial charge in [-0.05, 0) is 61.3 Å². The van der Waals surface area contributed by atoms with E-state index in [0.29, 0.717) is 25.4 Å². The van der Waals surface area contributed by atoms with E-state index in [1.807, 2.05) is 24.3 Å². The molecule has 0 spiro atoms. The van der Waals surface area contributed by atoms with Gasteiger partial charge < -0.3 is 14.6 Å². The third-order valence-corrected chi connectivity index (χ3v) is 8.65. The van der Waals surface area contributed by atoms with Crippen LogP contribution in [0.3, 0.4) is 0 Å². The molecular formula is C26H32N2O5S. The summed E-state index contributed by atoms with van der Waals surface area (Å²) in [6, 6.07) is 14.6. The van der Waals surface area contributed by atoms with Crippen LogP contribution in [-0.2, 0) is 14.8 Å². The van der Waals surface area contributed by atoms with Crippen molar-refractivity contribution < 1.29 is 23.0 Å². The maximum absolute atomic E-state index is 13.5. The first-order valence-corrected chi connectivity index (χ1v) is 13.0. The molecule has 0 amide bonds. The van der Waals surface area contributed by atoms with E-state index >= 15 is 0 Å². The zero-order valence-electron chi connectivity index (χ0n) is 19.7. The standard InChI is InChI=1S/C26H32N2O5S/c1-32-17-5-6-20-7-9-21(10-8-20)26-24-18-27(15-3-4-16-28(24)25(26)19-29)34(30,31)23-13-11-22(33-2)12-14-23/h7-14,24-26,29H,3-4,15-19H2,1-2H3/t24-,25-,26-/m0/s1.